The first kappa shape index (κ1) is 23.0. The quantitative estimate of drug-likeness (QED) is 0.395. The second kappa shape index (κ2) is 10.6. The summed E-state index contributed by atoms with van der Waals surface area (Å²) in [6, 6.07) is 17.9. The maximum Gasteiger partial charge on any atom is 0.410 e. The molecule has 1 heterocycles. The normalized spacial score (nSPS) is 17.4. The van der Waals surface area contributed by atoms with E-state index < -0.39 is 11.6 Å². The number of cyclic esters (lactones) is 1. The van der Waals surface area contributed by atoms with E-state index in [1.54, 1.807) is 11.8 Å². The molecule has 0 bridgehead atoms. The minimum absolute atomic E-state index is 0.0214. The van der Waals surface area contributed by atoms with Crippen LogP contribution in [-0.4, -0.2) is 52.6 Å². The molecule has 1 unspecified atom stereocenters. The van der Waals surface area contributed by atoms with E-state index in [0.717, 1.165) is 22.8 Å². The summed E-state index contributed by atoms with van der Waals surface area (Å²) < 4.78 is 11.3. The molecule has 31 heavy (non-hydrogen) atoms. The van der Waals surface area contributed by atoms with Crippen molar-refractivity contribution in [3.63, 3.8) is 0 Å². The summed E-state index contributed by atoms with van der Waals surface area (Å²) in [5, 5.41) is 8.70. The molecule has 3 rings (SSSR count). The fraction of sp³-hybridized carbons (Fsp3) is 0.417. The molecule has 2 aromatic rings. The minimum Gasteiger partial charge on any atom is -0.494 e. The molecule has 6 nitrogen and oxygen atoms in total. The summed E-state index contributed by atoms with van der Waals surface area (Å²) in [4.78, 5) is 26.0. The molecular weight excluding hydrogens is 414 g/mol. The molecule has 1 fully saturated rings. The topological polar surface area (TPSA) is 76.1 Å². The van der Waals surface area contributed by atoms with Crippen LogP contribution in [0.2, 0.25) is 0 Å². The number of thioether (sulfide) groups is 1. The Morgan fingerprint density at radius 1 is 1.19 bits per heavy atom. The van der Waals surface area contributed by atoms with Crippen molar-refractivity contribution in [2.45, 2.75) is 49.6 Å². The van der Waals surface area contributed by atoms with Gasteiger partial charge in [-0.2, -0.15) is 0 Å². The van der Waals surface area contributed by atoms with E-state index in [0.29, 0.717) is 19.6 Å². The average Bonchev–Trinajstić information content (AvgIpc) is 2.94. The fourth-order valence-corrected chi connectivity index (χ4v) is 4.52. The first-order chi connectivity index (χ1) is 14.8. The molecule has 166 valence electrons. The first-order valence-electron chi connectivity index (χ1n) is 10.5. The lowest BCUT2D eigenvalue weighted by Gasteiger charge is -2.29. The highest BCUT2D eigenvalue weighted by atomic mass is 32.2. The van der Waals surface area contributed by atoms with Gasteiger partial charge >= 0.3 is 12.1 Å². The van der Waals surface area contributed by atoms with Crippen molar-refractivity contribution < 1.29 is 24.2 Å². The van der Waals surface area contributed by atoms with Crippen LogP contribution in [0.5, 0.6) is 5.75 Å². The molecule has 1 atom stereocenters. The van der Waals surface area contributed by atoms with E-state index in [1.165, 1.54) is 5.56 Å². The van der Waals surface area contributed by atoms with Crippen LogP contribution >= 0.6 is 11.8 Å². The summed E-state index contributed by atoms with van der Waals surface area (Å²) in [5.41, 5.74) is 0.644. The van der Waals surface area contributed by atoms with Gasteiger partial charge in [0.05, 0.1) is 12.6 Å². The van der Waals surface area contributed by atoms with Crippen molar-refractivity contribution >= 4 is 23.8 Å². The first-order valence-corrected chi connectivity index (χ1v) is 11.4. The minimum atomic E-state index is -0.818. The standard InChI is InChI=1S/C24H29NO5S/c1-24(2)21(16-18-8-4-3-5-9-18)25(23(28)30-24)13-15-31-20-11-6-10-19(17-20)29-14-7-12-22(26)27/h3-6,8-11,17,21H,7,12-16H2,1-2H3,(H,26,27). The Labute approximate surface area is 187 Å². The van der Waals surface area contributed by atoms with Crippen LogP contribution in [0.3, 0.4) is 0 Å². The Bertz CT molecular complexity index is 887. The van der Waals surface area contributed by atoms with Crippen molar-refractivity contribution in [3.05, 3.63) is 60.2 Å². The van der Waals surface area contributed by atoms with Crippen LogP contribution < -0.4 is 4.74 Å². The zero-order valence-electron chi connectivity index (χ0n) is 18.0. The van der Waals surface area contributed by atoms with E-state index in [2.05, 4.69) is 12.1 Å². The second-order valence-corrected chi connectivity index (χ2v) is 9.21. The Morgan fingerprint density at radius 3 is 2.71 bits per heavy atom. The Hall–Kier alpha value is -2.67. The number of carboxylic acids is 1. The van der Waals surface area contributed by atoms with Gasteiger partial charge in [-0.3, -0.25) is 4.79 Å². The lowest BCUT2D eigenvalue weighted by molar-refractivity contribution is -0.137. The number of hydrogen-bond donors (Lipinski definition) is 1. The third-order valence-corrected chi connectivity index (χ3v) is 6.22. The molecule has 0 aromatic heterocycles. The molecule has 0 radical (unpaired) electrons. The molecule has 0 spiro atoms. The number of hydrogen-bond acceptors (Lipinski definition) is 5. The van der Waals surface area contributed by atoms with Gasteiger partial charge in [-0.05, 0) is 50.5 Å². The predicted molar refractivity (Wildman–Crippen MR) is 121 cm³/mol. The largest absolute Gasteiger partial charge is 0.494 e. The second-order valence-electron chi connectivity index (χ2n) is 8.04. The molecule has 1 aliphatic rings. The van der Waals surface area contributed by atoms with Crippen LogP contribution in [0.1, 0.15) is 32.3 Å². The number of benzene rings is 2. The fourth-order valence-electron chi connectivity index (χ4n) is 3.62. The summed E-state index contributed by atoms with van der Waals surface area (Å²) in [5.74, 6) is 0.639. The highest BCUT2D eigenvalue weighted by Gasteiger charge is 2.47. The van der Waals surface area contributed by atoms with Crippen LogP contribution in [0.25, 0.3) is 0 Å². The number of ether oxygens (including phenoxy) is 2. The molecule has 7 heteroatoms. The molecule has 0 saturated carbocycles. The highest BCUT2D eigenvalue weighted by molar-refractivity contribution is 7.99. The molecular formula is C24H29NO5S. The van der Waals surface area contributed by atoms with Gasteiger partial charge in [0, 0.05) is 23.6 Å². The number of rotatable bonds is 11. The molecule has 1 aliphatic heterocycles. The number of amides is 1. The molecule has 2 aromatic carbocycles. The SMILES string of the molecule is CC1(C)OC(=O)N(CCSc2cccc(OCCCC(=O)O)c2)C1Cc1ccccc1. The van der Waals surface area contributed by atoms with Crippen LogP contribution in [0.15, 0.2) is 59.5 Å². The van der Waals surface area contributed by atoms with E-state index in [1.807, 2.05) is 61.2 Å². The molecule has 1 N–H and O–H groups in total. The summed E-state index contributed by atoms with van der Waals surface area (Å²) in [7, 11) is 0. The molecule has 1 saturated heterocycles. The Morgan fingerprint density at radius 2 is 1.97 bits per heavy atom. The number of aliphatic carboxylic acids is 1. The van der Waals surface area contributed by atoms with Gasteiger partial charge in [-0.25, -0.2) is 4.79 Å². The third-order valence-electron chi connectivity index (χ3n) is 5.25. The average molecular weight is 444 g/mol. The van der Waals surface area contributed by atoms with Crippen molar-refractivity contribution in [2.24, 2.45) is 0 Å². The van der Waals surface area contributed by atoms with E-state index in [9.17, 15) is 9.59 Å². The summed E-state index contributed by atoms with van der Waals surface area (Å²) in [6.45, 7) is 4.90. The van der Waals surface area contributed by atoms with Gasteiger partial charge in [0.1, 0.15) is 11.4 Å². The number of carboxylic acid groups (broad SMARTS) is 1. The van der Waals surface area contributed by atoms with Crippen LogP contribution in [0.4, 0.5) is 4.79 Å². The molecule has 0 aliphatic carbocycles. The van der Waals surface area contributed by atoms with Crippen LogP contribution in [0, 0.1) is 0 Å². The smallest absolute Gasteiger partial charge is 0.410 e. The zero-order valence-corrected chi connectivity index (χ0v) is 18.8. The maximum absolute atomic E-state index is 12.5. The van der Waals surface area contributed by atoms with E-state index in [-0.39, 0.29) is 18.6 Å². The molecule has 1 amide bonds. The predicted octanol–water partition coefficient (Wildman–Crippen LogP) is 4.86. The zero-order chi connectivity index (χ0) is 22.3. The van der Waals surface area contributed by atoms with E-state index >= 15 is 0 Å². The summed E-state index contributed by atoms with van der Waals surface area (Å²) in [6.07, 6.45) is 1.06. The van der Waals surface area contributed by atoms with Gasteiger partial charge in [0.2, 0.25) is 0 Å². The van der Waals surface area contributed by atoms with Gasteiger partial charge in [-0.15, -0.1) is 11.8 Å². The van der Waals surface area contributed by atoms with E-state index in [4.69, 9.17) is 14.6 Å². The van der Waals surface area contributed by atoms with Gasteiger partial charge in [-0.1, -0.05) is 36.4 Å². The Balaban J connectivity index is 1.54. The summed E-state index contributed by atoms with van der Waals surface area (Å²) >= 11 is 1.65. The highest BCUT2D eigenvalue weighted by Crippen LogP contribution is 2.32. The number of carbonyl (C=O) groups excluding carboxylic acids is 1. The lowest BCUT2D eigenvalue weighted by Crippen LogP contribution is -2.44. The lowest BCUT2D eigenvalue weighted by atomic mass is 9.92. The third kappa shape index (κ3) is 6.66. The maximum atomic E-state index is 12.5. The number of nitrogens with zero attached hydrogens (tertiary/aromatic N) is 1. The van der Waals surface area contributed by atoms with Crippen LogP contribution in [-0.2, 0) is 16.0 Å². The monoisotopic (exact) mass is 443 g/mol. The van der Waals surface area contributed by atoms with Crippen molar-refractivity contribution in [2.75, 3.05) is 18.9 Å². The van der Waals surface area contributed by atoms with Gasteiger partial charge in [0.15, 0.2) is 0 Å². The van der Waals surface area contributed by atoms with Crippen molar-refractivity contribution in [1.29, 1.82) is 0 Å². The van der Waals surface area contributed by atoms with Crippen molar-refractivity contribution in [1.82, 2.24) is 4.90 Å². The van der Waals surface area contributed by atoms with Gasteiger partial charge in [0.25, 0.3) is 0 Å². The Kier molecular flexibility index (Phi) is 7.85. The number of carbonyl (C=O) groups is 2. The van der Waals surface area contributed by atoms with Gasteiger partial charge < -0.3 is 19.5 Å². The van der Waals surface area contributed by atoms with Crippen molar-refractivity contribution in [3.8, 4) is 5.75 Å².